The van der Waals surface area contributed by atoms with Gasteiger partial charge in [0, 0.05) is 27.2 Å². The summed E-state index contributed by atoms with van der Waals surface area (Å²) in [6, 6.07) is 6.58. The molecule has 0 bridgehead atoms. The average molecular weight is 311 g/mol. The van der Waals surface area contributed by atoms with Gasteiger partial charge in [0.25, 0.3) is 0 Å². The highest BCUT2D eigenvalue weighted by atomic mass is 32.2. The predicted molar refractivity (Wildman–Crippen MR) is 80.3 cm³/mol. The molecule has 1 aliphatic rings. The largest absolute Gasteiger partial charge is 0.331 e. The first-order chi connectivity index (χ1) is 9.75. The third kappa shape index (κ3) is 2.89. The highest BCUT2D eigenvalue weighted by Crippen LogP contribution is 2.24. The van der Waals surface area contributed by atoms with Gasteiger partial charge in [0.1, 0.15) is 0 Å². The van der Waals surface area contributed by atoms with E-state index in [1.165, 1.54) is 9.21 Å². The van der Waals surface area contributed by atoms with Crippen molar-refractivity contribution in [2.45, 2.75) is 24.9 Å². The summed E-state index contributed by atoms with van der Waals surface area (Å²) in [7, 11) is -0.258. The average Bonchev–Trinajstić information content (AvgIpc) is 2.80. The van der Waals surface area contributed by atoms with Crippen molar-refractivity contribution >= 4 is 16.1 Å². The molecule has 0 N–H and O–H groups in total. The van der Waals surface area contributed by atoms with Crippen molar-refractivity contribution in [3.05, 3.63) is 29.8 Å². The van der Waals surface area contributed by atoms with E-state index in [1.807, 2.05) is 6.92 Å². The second kappa shape index (κ2) is 5.65. The Kier molecular flexibility index (Phi) is 4.25. The molecule has 1 fully saturated rings. The summed E-state index contributed by atoms with van der Waals surface area (Å²) >= 11 is 0. The Morgan fingerprint density at radius 2 is 1.76 bits per heavy atom. The molecule has 7 heteroatoms. The van der Waals surface area contributed by atoms with E-state index in [0.717, 1.165) is 5.56 Å². The monoisotopic (exact) mass is 311 g/mol. The standard InChI is InChI=1S/C14H21N3O3S/c1-11-5-7-13(8-6-11)21(19,20)17-10-9-16(12(17)2)14(18)15(3)4/h5-8,12H,9-10H2,1-4H3/t12-/m1/s1. The lowest BCUT2D eigenvalue weighted by atomic mass is 10.2. The lowest BCUT2D eigenvalue weighted by Gasteiger charge is -2.28. The maximum Gasteiger partial charge on any atom is 0.320 e. The van der Waals surface area contributed by atoms with Crippen molar-refractivity contribution in [3.63, 3.8) is 0 Å². The normalized spacial score (nSPS) is 19.8. The molecule has 0 aliphatic carbocycles. The summed E-state index contributed by atoms with van der Waals surface area (Å²) < 4.78 is 26.7. The van der Waals surface area contributed by atoms with Crippen LogP contribution in [0.25, 0.3) is 0 Å². The van der Waals surface area contributed by atoms with Gasteiger partial charge < -0.3 is 9.80 Å². The Labute approximate surface area is 126 Å². The fourth-order valence-electron chi connectivity index (χ4n) is 2.41. The summed E-state index contributed by atoms with van der Waals surface area (Å²) in [6.07, 6.45) is -0.480. The molecule has 2 amide bonds. The van der Waals surface area contributed by atoms with Crippen molar-refractivity contribution < 1.29 is 13.2 Å². The number of sulfonamides is 1. The fourth-order valence-corrected chi connectivity index (χ4v) is 4.00. The third-order valence-electron chi connectivity index (χ3n) is 3.68. The van der Waals surface area contributed by atoms with Crippen LogP contribution in [0.4, 0.5) is 4.79 Å². The van der Waals surface area contributed by atoms with Gasteiger partial charge in [0.15, 0.2) is 0 Å². The maximum absolute atomic E-state index is 12.7. The molecule has 6 nitrogen and oxygen atoms in total. The smallest absolute Gasteiger partial charge is 0.320 e. The van der Waals surface area contributed by atoms with E-state index < -0.39 is 16.2 Å². The maximum atomic E-state index is 12.7. The molecule has 1 aromatic rings. The second-order valence-corrected chi connectivity index (χ2v) is 7.32. The van der Waals surface area contributed by atoms with Crippen LogP contribution in [0.1, 0.15) is 12.5 Å². The summed E-state index contributed by atoms with van der Waals surface area (Å²) in [5.74, 6) is 0. The summed E-state index contributed by atoms with van der Waals surface area (Å²) in [4.78, 5) is 15.3. The van der Waals surface area contributed by atoms with Gasteiger partial charge >= 0.3 is 6.03 Å². The number of carbonyl (C=O) groups excluding carboxylic acids is 1. The minimum Gasteiger partial charge on any atom is -0.331 e. The molecule has 0 unspecified atom stereocenters. The Morgan fingerprint density at radius 3 is 2.29 bits per heavy atom. The van der Waals surface area contributed by atoms with E-state index in [4.69, 9.17) is 0 Å². The predicted octanol–water partition coefficient (Wildman–Crippen LogP) is 1.33. The lowest BCUT2D eigenvalue weighted by molar-refractivity contribution is 0.156. The summed E-state index contributed by atoms with van der Waals surface area (Å²) in [5.41, 5.74) is 1.01. The molecule has 0 radical (unpaired) electrons. The van der Waals surface area contributed by atoms with Crippen LogP contribution >= 0.6 is 0 Å². The van der Waals surface area contributed by atoms with E-state index in [2.05, 4.69) is 0 Å². The number of amides is 2. The van der Waals surface area contributed by atoms with Crippen LogP contribution in [0.5, 0.6) is 0 Å². The first-order valence-electron chi connectivity index (χ1n) is 6.81. The first-order valence-corrected chi connectivity index (χ1v) is 8.25. The number of hydrogen-bond donors (Lipinski definition) is 0. The molecule has 0 aromatic heterocycles. The van der Waals surface area contributed by atoms with Gasteiger partial charge in [0.05, 0.1) is 11.1 Å². The Morgan fingerprint density at radius 1 is 1.19 bits per heavy atom. The zero-order valence-corrected chi connectivity index (χ0v) is 13.6. The Hall–Kier alpha value is -1.60. The molecule has 1 saturated heterocycles. The van der Waals surface area contributed by atoms with Gasteiger partial charge in [-0.05, 0) is 26.0 Å². The fraction of sp³-hybridized carbons (Fsp3) is 0.500. The molecule has 2 rings (SSSR count). The molecule has 0 saturated carbocycles. The van der Waals surface area contributed by atoms with Crippen molar-refractivity contribution in [1.82, 2.24) is 14.1 Å². The van der Waals surface area contributed by atoms with Crippen molar-refractivity contribution in [2.75, 3.05) is 27.2 Å². The first kappa shape index (κ1) is 15.8. The van der Waals surface area contributed by atoms with Gasteiger partial charge in [-0.1, -0.05) is 17.7 Å². The van der Waals surface area contributed by atoms with E-state index in [9.17, 15) is 13.2 Å². The highest BCUT2D eigenvalue weighted by molar-refractivity contribution is 7.89. The Balaban J connectivity index is 2.26. The van der Waals surface area contributed by atoms with Crippen LogP contribution in [-0.4, -0.2) is 61.9 Å². The molecule has 1 atom stereocenters. The van der Waals surface area contributed by atoms with Crippen LogP contribution in [0.3, 0.4) is 0 Å². The number of carbonyl (C=O) groups is 1. The zero-order chi connectivity index (χ0) is 15.8. The summed E-state index contributed by atoms with van der Waals surface area (Å²) in [5, 5.41) is 0. The highest BCUT2D eigenvalue weighted by Gasteiger charge is 2.40. The van der Waals surface area contributed by atoms with Gasteiger partial charge in [-0.15, -0.1) is 0 Å². The van der Waals surface area contributed by atoms with Crippen molar-refractivity contribution in [1.29, 1.82) is 0 Å². The van der Waals surface area contributed by atoms with Gasteiger partial charge in [-0.3, -0.25) is 0 Å². The minimum atomic E-state index is -3.58. The van der Waals surface area contributed by atoms with Gasteiger partial charge in [-0.2, -0.15) is 4.31 Å². The lowest BCUT2D eigenvalue weighted by Crippen LogP contribution is -2.46. The molecule has 21 heavy (non-hydrogen) atoms. The molecule has 1 aliphatic heterocycles. The molecular weight excluding hydrogens is 290 g/mol. The number of nitrogens with zero attached hydrogens (tertiary/aromatic N) is 3. The van der Waals surface area contributed by atoms with Crippen molar-refractivity contribution in [2.24, 2.45) is 0 Å². The number of benzene rings is 1. The van der Waals surface area contributed by atoms with E-state index in [0.29, 0.717) is 13.1 Å². The van der Waals surface area contributed by atoms with Crippen LogP contribution in [0.15, 0.2) is 29.2 Å². The van der Waals surface area contributed by atoms with Crippen LogP contribution < -0.4 is 0 Å². The zero-order valence-electron chi connectivity index (χ0n) is 12.8. The van der Waals surface area contributed by atoms with E-state index in [1.54, 1.807) is 50.2 Å². The second-order valence-electron chi connectivity index (χ2n) is 5.43. The number of rotatable bonds is 2. The Bertz CT molecular complexity index is 625. The van der Waals surface area contributed by atoms with Crippen LogP contribution in [0.2, 0.25) is 0 Å². The minimum absolute atomic E-state index is 0.177. The SMILES string of the molecule is Cc1ccc(S(=O)(=O)N2CCN(C(=O)N(C)C)[C@H]2C)cc1. The molecule has 0 spiro atoms. The quantitative estimate of drug-likeness (QED) is 0.828. The van der Waals surface area contributed by atoms with Gasteiger partial charge in [-0.25, -0.2) is 13.2 Å². The van der Waals surface area contributed by atoms with E-state index >= 15 is 0 Å². The number of urea groups is 1. The van der Waals surface area contributed by atoms with Gasteiger partial charge in [0.2, 0.25) is 10.0 Å². The van der Waals surface area contributed by atoms with E-state index in [-0.39, 0.29) is 10.9 Å². The van der Waals surface area contributed by atoms with Crippen LogP contribution in [-0.2, 0) is 10.0 Å². The molecule has 116 valence electrons. The number of hydrogen-bond acceptors (Lipinski definition) is 3. The molecular formula is C14H21N3O3S. The third-order valence-corrected chi connectivity index (χ3v) is 5.66. The van der Waals surface area contributed by atoms with Crippen molar-refractivity contribution in [3.8, 4) is 0 Å². The molecule has 1 aromatic carbocycles. The number of aryl methyl sites for hydroxylation is 1. The molecule has 1 heterocycles. The topological polar surface area (TPSA) is 60.9 Å². The summed E-state index contributed by atoms with van der Waals surface area (Å²) in [6.45, 7) is 4.37. The van der Waals surface area contributed by atoms with Crippen LogP contribution in [0, 0.1) is 6.92 Å².